The van der Waals surface area contributed by atoms with E-state index in [4.69, 9.17) is 0 Å². The molecule has 2 unspecified atom stereocenters. The Bertz CT molecular complexity index is 1390. The van der Waals surface area contributed by atoms with E-state index in [1.165, 1.54) is 5.41 Å². The van der Waals surface area contributed by atoms with E-state index >= 15 is 0 Å². The summed E-state index contributed by atoms with van der Waals surface area (Å²) in [7, 11) is -1.58. The van der Waals surface area contributed by atoms with Crippen LogP contribution in [0.25, 0.3) is 0 Å². The predicted molar refractivity (Wildman–Crippen MR) is 161 cm³/mol. The van der Waals surface area contributed by atoms with Crippen LogP contribution in [0.15, 0.2) is 107 Å². The van der Waals surface area contributed by atoms with Gasteiger partial charge in [-0.3, -0.25) is 4.79 Å². The van der Waals surface area contributed by atoms with Gasteiger partial charge < -0.3 is 20.4 Å². The SMILES string of the molecule is CN1CCN(C(=O)NC(Cc2ccccc2)C(=O)NCCC(/C=C\S(=O)(=O)c2ccccc2)c2ccccc2)CC1. The molecule has 9 heteroatoms. The van der Waals surface area contributed by atoms with Gasteiger partial charge in [-0.1, -0.05) is 84.9 Å². The molecule has 0 saturated carbocycles. The topological polar surface area (TPSA) is 98.8 Å². The number of likely N-dealkylation sites (N-methyl/N-ethyl adjacent to an activating group) is 1. The number of urea groups is 1. The van der Waals surface area contributed by atoms with Gasteiger partial charge in [0, 0.05) is 50.5 Å². The Balaban J connectivity index is 1.43. The summed E-state index contributed by atoms with van der Waals surface area (Å²) in [5.41, 5.74) is 1.90. The van der Waals surface area contributed by atoms with E-state index in [1.807, 2.05) is 67.7 Å². The van der Waals surface area contributed by atoms with Crippen molar-refractivity contribution in [3.8, 4) is 0 Å². The summed E-state index contributed by atoms with van der Waals surface area (Å²) in [4.78, 5) is 30.5. The first-order chi connectivity index (χ1) is 19.8. The first-order valence-electron chi connectivity index (χ1n) is 13.9. The maximum atomic E-state index is 13.4. The van der Waals surface area contributed by atoms with Crippen molar-refractivity contribution in [2.75, 3.05) is 39.8 Å². The van der Waals surface area contributed by atoms with Gasteiger partial charge in [0.15, 0.2) is 9.84 Å². The van der Waals surface area contributed by atoms with Gasteiger partial charge in [-0.25, -0.2) is 13.2 Å². The van der Waals surface area contributed by atoms with Gasteiger partial charge in [-0.05, 0) is 36.7 Å². The smallest absolute Gasteiger partial charge is 0.318 e. The van der Waals surface area contributed by atoms with E-state index in [-0.39, 0.29) is 22.8 Å². The lowest BCUT2D eigenvalue weighted by atomic mass is 9.96. The first-order valence-corrected chi connectivity index (χ1v) is 15.5. The second kappa shape index (κ2) is 14.6. The summed E-state index contributed by atoms with van der Waals surface area (Å²) in [6.07, 6.45) is 2.53. The highest BCUT2D eigenvalue weighted by atomic mass is 32.2. The largest absolute Gasteiger partial charge is 0.354 e. The van der Waals surface area contributed by atoms with Crippen molar-refractivity contribution in [2.45, 2.75) is 29.7 Å². The number of rotatable bonds is 11. The van der Waals surface area contributed by atoms with Gasteiger partial charge >= 0.3 is 6.03 Å². The summed E-state index contributed by atoms with van der Waals surface area (Å²) < 4.78 is 25.7. The lowest BCUT2D eigenvalue weighted by Gasteiger charge is -2.33. The highest BCUT2D eigenvalue weighted by molar-refractivity contribution is 7.94. The van der Waals surface area contributed by atoms with Crippen LogP contribution in [0.1, 0.15) is 23.5 Å². The molecular formula is C32H38N4O4S. The molecule has 2 atom stereocenters. The van der Waals surface area contributed by atoms with E-state index in [1.54, 1.807) is 41.3 Å². The fourth-order valence-corrected chi connectivity index (χ4v) is 5.83. The standard InChI is InChI=1S/C32H38N4O4S/c1-35-20-22-36(23-21-35)32(38)34-30(25-26-11-5-2-6-12-26)31(37)33-19-17-28(27-13-7-3-8-14-27)18-24-41(39,40)29-15-9-4-10-16-29/h2-16,18,24,28,30H,17,19-23,25H2,1H3,(H,33,37)(H,34,38)/b24-18-. The number of sulfone groups is 1. The molecule has 1 saturated heterocycles. The van der Waals surface area contributed by atoms with Crippen molar-refractivity contribution in [1.82, 2.24) is 20.4 Å². The minimum atomic E-state index is -3.60. The van der Waals surface area contributed by atoms with Gasteiger partial charge in [0.05, 0.1) is 4.90 Å². The molecule has 0 aliphatic carbocycles. The zero-order valence-electron chi connectivity index (χ0n) is 23.4. The number of nitrogens with zero attached hydrogens (tertiary/aromatic N) is 2. The minimum absolute atomic E-state index is 0.233. The number of amides is 3. The molecule has 1 fully saturated rings. The minimum Gasteiger partial charge on any atom is -0.354 e. The zero-order valence-corrected chi connectivity index (χ0v) is 24.2. The van der Waals surface area contributed by atoms with Crippen LogP contribution in [-0.2, 0) is 21.1 Å². The average molecular weight is 575 g/mol. The summed E-state index contributed by atoms with van der Waals surface area (Å²) >= 11 is 0. The Kier molecular flexibility index (Phi) is 10.7. The highest BCUT2D eigenvalue weighted by Crippen LogP contribution is 2.23. The molecule has 41 heavy (non-hydrogen) atoms. The molecule has 3 aromatic carbocycles. The van der Waals surface area contributed by atoms with Crippen molar-refractivity contribution in [1.29, 1.82) is 0 Å². The van der Waals surface area contributed by atoms with E-state index < -0.39 is 15.9 Å². The molecule has 4 rings (SSSR count). The van der Waals surface area contributed by atoms with Crippen molar-refractivity contribution in [3.63, 3.8) is 0 Å². The predicted octanol–water partition coefficient (Wildman–Crippen LogP) is 3.83. The molecule has 0 spiro atoms. The Morgan fingerprint density at radius 1 is 0.854 bits per heavy atom. The molecule has 3 amide bonds. The van der Waals surface area contributed by atoms with Crippen LogP contribution in [0.4, 0.5) is 4.79 Å². The quantitative estimate of drug-likeness (QED) is 0.363. The number of carbonyl (C=O) groups excluding carboxylic acids is 2. The number of hydrogen-bond acceptors (Lipinski definition) is 5. The number of piperazine rings is 1. The molecule has 1 heterocycles. The summed E-state index contributed by atoms with van der Waals surface area (Å²) in [6, 6.07) is 26.5. The van der Waals surface area contributed by atoms with Crippen molar-refractivity contribution in [2.24, 2.45) is 0 Å². The van der Waals surface area contributed by atoms with Gasteiger partial charge in [0.1, 0.15) is 6.04 Å². The number of hydrogen-bond donors (Lipinski definition) is 2. The lowest BCUT2D eigenvalue weighted by molar-refractivity contribution is -0.123. The van der Waals surface area contributed by atoms with Crippen LogP contribution in [0.3, 0.4) is 0 Å². The molecular weight excluding hydrogens is 536 g/mol. The molecule has 2 N–H and O–H groups in total. The first kappa shape index (κ1) is 30.0. The van der Waals surface area contributed by atoms with Gasteiger partial charge in [0.25, 0.3) is 0 Å². The Labute approximate surface area is 243 Å². The van der Waals surface area contributed by atoms with Crippen molar-refractivity contribution < 1.29 is 18.0 Å². The number of nitrogens with one attached hydrogen (secondary N) is 2. The Hall–Kier alpha value is -3.95. The van der Waals surface area contributed by atoms with Gasteiger partial charge in [-0.15, -0.1) is 0 Å². The molecule has 3 aromatic rings. The van der Waals surface area contributed by atoms with Gasteiger partial charge in [-0.2, -0.15) is 0 Å². The third-order valence-electron chi connectivity index (χ3n) is 7.23. The van der Waals surface area contributed by atoms with Gasteiger partial charge in [0.2, 0.25) is 5.91 Å². The molecule has 0 bridgehead atoms. The third kappa shape index (κ3) is 9.03. The second-order valence-electron chi connectivity index (χ2n) is 10.3. The average Bonchev–Trinajstić information content (AvgIpc) is 3.00. The fraction of sp³-hybridized carbons (Fsp3) is 0.312. The Morgan fingerprint density at radius 3 is 2.07 bits per heavy atom. The lowest BCUT2D eigenvalue weighted by Crippen LogP contribution is -2.56. The van der Waals surface area contributed by atoms with Crippen LogP contribution in [-0.4, -0.2) is 76.0 Å². The van der Waals surface area contributed by atoms with Crippen molar-refractivity contribution in [3.05, 3.63) is 114 Å². The van der Waals surface area contributed by atoms with E-state index in [0.29, 0.717) is 32.5 Å². The molecule has 216 valence electrons. The molecule has 8 nitrogen and oxygen atoms in total. The van der Waals surface area contributed by atoms with Crippen LogP contribution < -0.4 is 10.6 Å². The number of allylic oxidation sites excluding steroid dienone is 1. The zero-order chi connectivity index (χ0) is 29.1. The normalized spacial score (nSPS) is 15.8. The highest BCUT2D eigenvalue weighted by Gasteiger charge is 2.26. The van der Waals surface area contributed by atoms with E-state index in [0.717, 1.165) is 24.2 Å². The maximum Gasteiger partial charge on any atom is 0.318 e. The summed E-state index contributed by atoms with van der Waals surface area (Å²) in [5, 5.41) is 7.18. The fourth-order valence-electron chi connectivity index (χ4n) is 4.74. The molecule has 1 aliphatic heterocycles. The molecule has 1 aliphatic rings. The van der Waals surface area contributed by atoms with Crippen LogP contribution in [0.2, 0.25) is 0 Å². The van der Waals surface area contributed by atoms with E-state index in [2.05, 4.69) is 15.5 Å². The summed E-state index contributed by atoms with van der Waals surface area (Å²) in [6.45, 7) is 3.11. The molecule has 0 radical (unpaired) electrons. The molecule has 0 aromatic heterocycles. The Morgan fingerprint density at radius 2 is 1.44 bits per heavy atom. The maximum absolute atomic E-state index is 13.4. The second-order valence-corrected chi connectivity index (χ2v) is 12.1. The number of benzene rings is 3. The van der Waals surface area contributed by atoms with Crippen LogP contribution in [0.5, 0.6) is 0 Å². The summed E-state index contributed by atoms with van der Waals surface area (Å²) in [5.74, 6) is -0.508. The number of carbonyl (C=O) groups is 2. The third-order valence-corrected chi connectivity index (χ3v) is 8.68. The van der Waals surface area contributed by atoms with Crippen molar-refractivity contribution >= 4 is 21.8 Å². The monoisotopic (exact) mass is 574 g/mol. The van der Waals surface area contributed by atoms with E-state index in [9.17, 15) is 18.0 Å². The van der Waals surface area contributed by atoms with Crippen LogP contribution in [0, 0.1) is 0 Å². The van der Waals surface area contributed by atoms with Crippen LogP contribution >= 0.6 is 0 Å².